The van der Waals surface area contributed by atoms with Gasteiger partial charge in [-0.3, -0.25) is 15.5 Å². The Hall–Kier alpha value is -4.14. The molecule has 0 aliphatic carbocycles. The SMILES string of the molecule is CS(=O)(=O)N1CCC([C@H]2C[C@@H](c3nc(Cl)c(-c4ccc(NC(=O)O)cc4)[nH]3)N(C(=O)c3ccc(NC(=N)N)cc3)C2)CC1. The first-order valence-electron chi connectivity index (χ1n) is 13.7. The monoisotopic (exact) mass is 628 g/mol. The molecular weight excluding hydrogens is 596 g/mol. The molecule has 0 saturated carbocycles. The smallest absolute Gasteiger partial charge is 0.409 e. The highest BCUT2D eigenvalue weighted by Crippen LogP contribution is 2.43. The number of guanidine groups is 1. The Balaban J connectivity index is 1.41. The van der Waals surface area contributed by atoms with E-state index in [0.29, 0.717) is 72.9 Å². The third kappa shape index (κ3) is 6.92. The summed E-state index contributed by atoms with van der Waals surface area (Å²) in [6.45, 7) is 1.38. The Labute approximate surface area is 254 Å². The van der Waals surface area contributed by atoms with Gasteiger partial charge in [-0.15, -0.1) is 0 Å². The zero-order valence-corrected chi connectivity index (χ0v) is 25.0. The number of nitrogens with zero attached hydrogens (tertiary/aromatic N) is 3. The molecule has 43 heavy (non-hydrogen) atoms. The highest BCUT2D eigenvalue weighted by Gasteiger charge is 2.42. The fourth-order valence-electron chi connectivity index (χ4n) is 5.95. The summed E-state index contributed by atoms with van der Waals surface area (Å²) in [6.07, 6.45) is 2.11. The van der Waals surface area contributed by atoms with Crippen LogP contribution in [0, 0.1) is 17.2 Å². The molecule has 3 aromatic rings. The summed E-state index contributed by atoms with van der Waals surface area (Å²) in [6, 6.07) is 13.0. The first kappa shape index (κ1) is 30.3. The van der Waals surface area contributed by atoms with Crippen LogP contribution in [-0.4, -0.2) is 76.5 Å². The van der Waals surface area contributed by atoms with E-state index in [1.54, 1.807) is 53.4 Å². The first-order chi connectivity index (χ1) is 20.4. The normalized spacial score (nSPS) is 19.7. The Morgan fingerprint density at radius 3 is 2.23 bits per heavy atom. The van der Waals surface area contributed by atoms with Crippen LogP contribution in [0.5, 0.6) is 0 Å². The van der Waals surface area contributed by atoms with Crippen LogP contribution >= 0.6 is 11.6 Å². The summed E-state index contributed by atoms with van der Waals surface area (Å²) in [7, 11) is -3.26. The number of benzene rings is 2. The number of anilines is 2. The average molecular weight is 629 g/mol. The van der Waals surface area contributed by atoms with Crippen molar-refractivity contribution in [2.24, 2.45) is 17.6 Å². The number of nitrogens with two attached hydrogens (primary N) is 1. The van der Waals surface area contributed by atoms with Gasteiger partial charge in [-0.25, -0.2) is 22.5 Å². The molecule has 2 aliphatic rings. The number of aromatic amines is 1. The Morgan fingerprint density at radius 1 is 1.05 bits per heavy atom. The van der Waals surface area contributed by atoms with Crippen LogP contribution in [0.4, 0.5) is 16.2 Å². The number of H-pyrrole nitrogens is 1. The number of amides is 2. The van der Waals surface area contributed by atoms with Crippen LogP contribution < -0.4 is 16.4 Å². The molecule has 0 bridgehead atoms. The zero-order chi connectivity index (χ0) is 30.9. The number of carboxylic acid groups (broad SMARTS) is 1. The minimum atomic E-state index is -3.26. The van der Waals surface area contributed by atoms with E-state index in [1.807, 2.05) is 0 Å². The Bertz CT molecular complexity index is 1620. The molecule has 0 unspecified atom stereocenters. The fourth-order valence-corrected chi connectivity index (χ4v) is 7.07. The number of hydrogen-bond acceptors (Lipinski definition) is 6. The molecule has 2 saturated heterocycles. The zero-order valence-electron chi connectivity index (χ0n) is 23.4. The van der Waals surface area contributed by atoms with Gasteiger partial charge in [-0.1, -0.05) is 23.7 Å². The van der Waals surface area contributed by atoms with Crippen molar-refractivity contribution in [3.8, 4) is 11.3 Å². The van der Waals surface area contributed by atoms with Crippen LogP contribution in [0.1, 0.15) is 41.5 Å². The van der Waals surface area contributed by atoms with Gasteiger partial charge in [0.1, 0.15) is 5.82 Å². The number of piperidine rings is 1. The van der Waals surface area contributed by atoms with Crippen LogP contribution in [0.25, 0.3) is 11.3 Å². The number of aromatic nitrogens is 2. The first-order valence-corrected chi connectivity index (χ1v) is 15.9. The Kier molecular flexibility index (Phi) is 8.62. The van der Waals surface area contributed by atoms with E-state index in [-0.39, 0.29) is 28.9 Å². The topological polar surface area (TPSA) is 198 Å². The third-order valence-corrected chi connectivity index (χ3v) is 9.63. The van der Waals surface area contributed by atoms with Crippen LogP contribution in [0.2, 0.25) is 5.15 Å². The van der Waals surface area contributed by atoms with E-state index >= 15 is 0 Å². The van der Waals surface area contributed by atoms with E-state index in [9.17, 15) is 18.0 Å². The molecule has 5 rings (SSSR count). The number of rotatable bonds is 7. The lowest BCUT2D eigenvalue weighted by Gasteiger charge is -2.33. The second kappa shape index (κ2) is 12.2. The minimum Gasteiger partial charge on any atom is -0.465 e. The van der Waals surface area contributed by atoms with Crippen LogP contribution in [-0.2, 0) is 10.0 Å². The summed E-state index contributed by atoms with van der Waals surface area (Å²) in [5, 5.41) is 21.6. The van der Waals surface area contributed by atoms with Gasteiger partial charge in [0.25, 0.3) is 5.91 Å². The van der Waals surface area contributed by atoms with E-state index in [4.69, 9.17) is 27.9 Å². The maximum Gasteiger partial charge on any atom is 0.409 e. The fraction of sp³-hybridized carbons (Fsp3) is 0.357. The number of imidazole rings is 1. The quantitative estimate of drug-likeness (QED) is 0.167. The second-order valence-corrected chi connectivity index (χ2v) is 13.2. The predicted octanol–water partition coefficient (Wildman–Crippen LogP) is 4.00. The van der Waals surface area contributed by atoms with Gasteiger partial charge in [-0.2, -0.15) is 0 Å². The number of carbonyl (C=O) groups is 2. The molecule has 7 N–H and O–H groups in total. The molecule has 3 heterocycles. The van der Waals surface area contributed by atoms with Gasteiger partial charge in [0.2, 0.25) is 10.0 Å². The van der Waals surface area contributed by atoms with Crippen molar-refractivity contribution in [3.05, 3.63) is 65.1 Å². The minimum absolute atomic E-state index is 0.128. The van der Waals surface area contributed by atoms with E-state index in [0.717, 1.165) is 0 Å². The van der Waals surface area contributed by atoms with Crippen LogP contribution in [0.15, 0.2) is 48.5 Å². The highest BCUT2D eigenvalue weighted by atomic mass is 35.5. The number of sulfonamides is 1. The van der Waals surface area contributed by atoms with Gasteiger partial charge in [0.05, 0.1) is 18.0 Å². The number of halogens is 1. The van der Waals surface area contributed by atoms with Crippen molar-refractivity contribution in [1.29, 1.82) is 5.41 Å². The van der Waals surface area contributed by atoms with E-state index in [2.05, 4.69) is 20.6 Å². The lowest BCUT2D eigenvalue weighted by Crippen LogP contribution is -2.40. The molecule has 2 fully saturated rings. The van der Waals surface area contributed by atoms with Crippen molar-refractivity contribution in [2.75, 3.05) is 36.5 Å². The molecule has 0 spiro atoms. The van der Waals surface area contributed by atoms with E-state index < -0.39 is 22.2 Å². The molecular formula is C28H33ClN8O5S. The maximum absolute atomic E-state index is 13.9. The molecule has 2 aromatic carbocycles. The predicted molar refractivity (Wildman–Crippen MR) is 164 cm³/mol. The van der Waals surface area contributed by atoms with Gasteiger partial charge in [0, 0.05) is 42.1 Å². The van der Waals surface area contributed by atoms with Crippen molar-refractivity contribution in [1.82, 2.24) is 19.2 Å². The number of likely N-dealkylation sites (tertiary alicyclic amines) is 1. The summed E-state index contributed by atoms with van der Waals surface area (Å²) in [4.78, 5) is 34.5. The number of hydrogen-bond donors (Lipinski definition) is 6. The van der Waals surface area contributed by atoms with Gasteiger partial charge in [-0.05, 0) is 67.5 Å². The highest BCUT2D eigenvalue weighted by molar-refractivity contribution is 7.88. The summed E-state index contributed by atoms with van der Waals surface area (Å²) < 4.78 is 25.6. The molecule has 0 radical (unpaired) electrons. The maximum atomic E-state index is 13.9. The lowest BCUT2D eigenvalue weighted by atomic mass is 9.83. The molecule has 2 amide bonds. The van der Waals surface area contributed by atoms with Gasteiger partial charge >= 0.3 is 6.09 Å². The molecule has 13 nitrogen and oxygen atoms in total. The molecule has 15 heteroatoms. The second-order valence-electron chi connectivity index (χ2n) is 10.9. The summed E-state index contributed by atoms with van der Waals surface area (Å²) in [5.41, 5.74) is 8.13. The van der Waals surface area contributed by atoms with Crippen LogP contribution in [0.3, 0.4) is 0 Å². The summed E-state index contributed by atoms with van der Waals surface area (Å²) >= 11 is 6.58. The van der Waals surface area contributed by atoms with Crippen molar-refractivity contribution >= 4 is 51.0 Å². The summed E-state index contributed by atoms with van der Waals surface area (Å²) in [5.74, 6) is 0.505. The molecule has 1 aromatic heterocycles. The average Bonchev–Trinajstić information content (AvgIpc) is 3.57. The molecule has 2 aliphatic heterocycles. The van der Waals surface area contributed by atoms with Gasteiger partial charge in [0.15, 0.2) is 11.1 Å². The largest absolute Gasteiger partial charge is 0.465 e. The number of nitrogens with one attached hydrogen (secondary N) is 4. The van der Waals surface area contributed by atoms with E-state index in [1.165, 1.54) is 10.6 Å². The van der Waals surface area contributed by atoms with Crippen molar-refractivity contribution in [2.45, 2.75) is 25.3 Å². The molecule has 2 atom stereocenters. The number of carbonyl (C=O) groups excluding carboxylic acids is 1. The van der Waals surface area contributed by atoms with Crippen molar-refractivity contribution < 1.29 is 23.1 Å². The standard InChI is InChI=1S/C28H33ClN8O5S/c1-43(41,42)36-12-10-16(11-13-36)19-14-22(37(15-19)26(38)18-4-8-20(9-5-18)32-27(30)31)25-34-23(24(29)35-25)17-2-6-21(7-3-17)33-28(39)40/h2-9,16,19,22,33H,10-15H2,1H3,(H,34,35)(H,39,40)(H4,30,31,32)/t19-,22-/m0/s1. The van der Waals surface area contributed by atoms with Crippen molar-refractivity contribution in [3.63, 3.8) is 0 Å². The third-order valence-electron chi connectivity index (χ3n) is 8.06. The lowest BCUT2D eigenvalue weighted by molar-refractivity contribution is 0.0720. The Morgan fingerprint density at radius 2 is 1.65 bits per heavy atom. The molecule has 228 valence electrons. The van der Waals surface area contributed by atoms with Gasteiger partial charge < -0.3 is 26.0 Å².